The van der Waals surface area contributed by atoms with Crippen LogP contribution in [0.1, 0.15) is 24.0 Å². The number of amides is 1. The van der Waals surface area contributed by atoms with Crippen LogP contribution < -0.4 is 4.74 Å². The molecule has 1 aliphatic rings. The van der Waals surface area contributed by atoms with Crippen molar-refractivity contribution in [2.24, 2.45) is 5.41 Å². The molecule has 0 atom stereocenters. The first-order valence-electron chi connectivity index (χ1n) is 9.87. The third kappa shape index (κ3) is 6.22. The first kappa shape index (κ1) is 23.1. The number of carboxylic acids is 1. The molecule has 3 rings (SSSR count). The van der Waals surface area contributed by atoms with Gasteiger partial charge in [0, 0.05) is 28.1 Å². The average molecular weight is 506 g/mol. The summed E-state index contributed by atoms with van der Waals surface area (Å²) in [5.74, 6) is -0.778. The maximum atomic E-state index is 12.6. The summed E-state index contributed by atoms with van der Waals surface area (Å²) >= 11 is 9.38. The second-order valence-corrected chi connectivity index (χ2v) is 9.04. The Morgan fingerprint density at radius 2 is 1.97 bits per heavy atom. The highest BCUT2D eigenvalue weighted by atomic mass is 79.9. The summed E-state index contributed by atoms with van der Waals surface area (Å²) in [6, 6.07) is 15.0. The first-order chi connectivity index (χ1) is 14.8. The van der Waals surface area contributed by atoms with E-state index in [1.165, 1.54) is 0 Å². The highest BCUT2D eigenvalue weighted by molar-refractivity contribution is 9.10. The van der Waals surface area contributed by atoms with Crippen molar-refractivity contribution >= 4 is 39.4 Å². The highest BCUT2D eigenvalue weighted by Gasteiger charge is 2.36. The molecule has 8 heteroatoms. The number of carbonyl (C=O) groups excluding carboxylic acids is 1. The number of aliphatic carboxylic acids is 1. The third-order valence-corrected chi connectivity index (χ3v) is 6.19. The summed E-state index contributed by atoms with van der Waals surface area (Å²) in [7, 11) is 0. The lowest BCUT2D eigenvalue weighted by Crippen LogP contribution is -2.45. The summed E-state index contributed by atoms with van der Waals surface area (Å²) in [6.45, 7) is 0.763. The summed E-state index contributed by atoms with van der Waals surface area (Å²) in [6.07, 6.45) is 1.55. The Bertz CT molecular complexity index is 1010. The normalized spacial score (nSPS) is 15.2. The Kier molecular flexibility index (Phi) is 7.58. The zero-order valence-corrected chi connectivity index (χ0v) is 19.2. The van der Waals surface area contributed by atoms with Crippen LogP contribution in [0.15, 0.2) is 46.9 Å². The molecule has 0 unspecified atom stereocenters. The molecule has 0 bridgehead atoms. The molecule has 1 fully saturated rings. The number of rotatable bonds is 7. The Morgan fingerprint density at radius 1 is 1.23 bits per heavy atom. The number of ether oxygens (including phenoxy) is 1. The van der Waals surface area contributed by atoms with Crippen molar-refractivity contribution in [1.82, 2.24) is 4.90 Å². The largest absolute Gasteiger partial charge is 0.483 e. The molecule has 1 N–H and O–H groups in total. The Hall–Kier alpha value is -2.56. The fraction of sp³-hybridized carbons (Fsp3) is 0.348. The maximum Gasteiger partial charge on any atom is 0.307 e. The van der Waals surface area contributed by atoms with Crippen LogP contribution in [0.2, 0.25) is 5.02 Å². The predicted molar refractivity (Wildman–Crippen MR) is 120 cm³/mol. The number of halogens is 2. The number of likely N-dealkylation sites (tertiary alicyclic amines) is 1. The number of nitriles is 1. The second kappa shape index (κ2) is 10.2. The monoisotopic (exact) mass is 504 g/mol. The molecular formula is C23H22BrClN2O4. The van der Waals surface area contributed by atoms with Crippen molar-refractivity contribution in [3.63, 3.8) is 0 Å². The van der Waals surface area contributed by atoms with Gasteiger partial charge in [-0.05, 0) is 55.2 Å². The van der Waals surface area contributed by atoms with Crippen LogP contribution in [0.5, 0.6) is 5.75 Å². The second-order valence-electron chi connectivity index (χ2n) is 7.69. The molecule has 2 aromatic carbocycles. The Morgan fingerprint density at radius 3 is 2.61 bits per heavy atom. The van der Waals surface area contributed by atoms with Gasteiger partial charge in [-0.1, -0.05) is 39.7 Å². The molecule has 2 aromatic rings. The quantitative estimate of drug-likeness (QED) is 0.599. The minimum Gasteiger partial charge on any atom is -0.483 e. The molecule has 0 aromatic heterocycles. The number of carbonyl (C=O) groups is 2. The summed E-state index contributed by atoms with van der Waals surface area (Å²) < 4.78 is 6.38. The Labute approximate surface area is 194 Å². The van der Waals surface area contributed by atoms with Gasteiger partial charge in [0.25, 0.3) is 5.91 Å². The maximum absolute atomic E-state index is 12.6. The van der Waals surface area contributed by atoms with Crippen LogP contribution in [0.25, 0.3) is 0 Å². The smallest absolute Gasteiger partial charge is 0.307 e. The van der Waals surface area contributed by atoms with Crippen molar-refractivity contribution < 1.29 is 19.4 Å². The van der Waals surface area contributed by atoms with Crippen LogP contribution >= 0.6 is 27.5 Å². The van der Waals surface area contributed by atoms with E-state index in [9.17, 15) is 14.9 Å². The minimum absolute atomic E-state index is 0.178. The average Bonchev–Trinajstić information content (AvgIpc) is 2.73. The van der Waals surface area contributed by atoms with E-state index in [0.717, 1.165) is 10.0 Å². The zero-order valence-electron chi connectivity index (χ0n) is 16.8. The lowest BCUT2D eigenvalue weighted by atomic mass is 9.75. The Balaban J connectivity index is 1.58. The van der Waals surface area contributed by atoms with E-state index in [0.29, 0.717) is 48.7 Å². The van der Waals surface area contributed by atoms with Gasteiger partial charge in [-0.15, -0.1) is 0 Å². The van der Waals surface area contributed by atoms with Gasteiger partial charge >= 0.3 is 5.97 Å². The van der Waals surface area contributed by atoms with E-state index in [1.807, 2.05) is 18.2 Å². The number of piperidine rings is 1. The fourth-order valence-corrected chi connectivity index (χ4v) is 4.39. The van der Waals surface area contributed by atoms with E-state index in [1.54, 1.807) is 29.2 Å². The number of benzene rings is 2. The lowest BCUT2D eigenvalue weighted by Gasteiger charge is -2.37. The molecule has 0 radical (unpaired) electrons. The number of hydrogen-bond acceptors (Lipinski definition) is 4. The molecule has 1 saturated heterocycles. The summed E-state index contributed by atoms with van der Waals surface area (Å²) in [5, 5.41) is 19.5. The molecular weight excluding hydrogens is 484 g/mol. The van der Waals surface area contributed by atoms with Crippen LogP contribution in [-0.4, -0.2) is 41.6 Å². The number of nitrogens with zero attached hydrogens (tertiary/aromatic N) is 2. The van der Waals surface area contributed by atoms with Gasteiger partial charge in [0.1, 0.15) is 5.75 Å². The standard InChI is InChI=1S/C23H22BrClN2O4/c24-18-4-5-20(17(11-18)12-22(29)30)31-14-21(28)27-8-6-23(15-26,7-9-27)13-16-2-1-3-19(25)10-16/h1-5,10-11H,6-9,12-14H2,(H,29,30). The van der Waals surface area contributed by atoms with E-state index >= 15 is 0 Å². The third-order valence-electron chi connectivity index (χ3n) is 5.46. The molecule has 0 spiro atoms. The number of hydrogen-bond donors (Lipinski definition) is 1. The first-order valence-corrected chi connectivity index (χ1v) is 11.0. The molecule has 162 valence electrons. The predicted octanol–water partition coefficient (Wildman–Crippen LogP) is 4.48. The van der Waals surface area contributed by atoms with E-state index in [-0.39, 0.29) is 18.9 Å². The van der Waals surface area contributed by atoms with Crippen LogP contribution in [0.4, 0.5) is 0 Å². The van der Waals surface area contributed by atoms with Crippen LogP contribution in [0, 0.1) is 16.7 Å². The zero-order chi connectivity index (χ0) is 22.4. The van der Waals surface area contributed by atoms with Crippen LogP contribution in [0.3, 0.4) is 0 Å². The van der Waals surface area contributed by atoms with Gasteiger partial charge in [-0.2, -0.15) is 5.26 Å². The SMILES string of the molecule is N#CC1(Cc2cccc(Cl)c2)CCN(C(=O)COc2ccc(Br)cc2CC(=O)O)CC1. The van der Waals surface area contributed by atoms with Crippen molar-refractivity contribution in [3.05, 3.63) is 63.1 Å². The van der Waals surface area contributed by atoms with Gasteiger partial charge in [0.05, 0.1) is 17.9 Å². The van der Waals surface area contributed by atoms with Crippen molar-refractivity contribution in [2.75, 3.05) is 19.7 Å². The van der Waals surface area contributed by atoms with Gasteiger partial charge in [-0.3, -0.25) is 9.59 Å². The minimum atomic E-state index is -0.974. The van der Waals surface area contributed by atoms with Crippen molar-refractivity contribution in [3.8, 4) is 11.8 Å². The molecule has 6 nitrogen and oxygen atoms in total. The van der Waals surface area contributed by atoms with Gasteiger partial charge < -0.3 is 14.7 Å². The van der Waals surface area contributed by atoms with Crippen molar-refractivity contribution in [2.45, 2.75) is 25.7 Å². The summed E-state index contributed by atoms with van der Waals surface area (Å²) in [4.78, 5) is 25.4. The molecule has 31 heavy (non-hydrogen) atoms. The molecule has 1 aliphatic heterocycles. The van der Waals surface area contributed by atoms with Gasteiger partial charge in [0.15, 0.2) is 6.61 Å². The summed E-state index contributed by atoms with van der Waals surface area (Å²) in [5.41, 5.74) is 0.986. The van der Waals surface area contributed by atoms with Crippen LogP contribution in [-0.2, 0) is 22.4 Å². The van der Waals surface area contributed by atoms with E-state index in [4.69, 9.17) is 21.4 Å². The van der Waals surface area contributed by atoms with E-state index < -0.39 is 11.4 Å². The van der Waals surface area contributed by atoms with Gasteiger partial charge in [-0.25, -0.2) is 0 Å². The molecule has 1 heterocycles. The van der Waals surface area contributed by atoms with E-state index in [2.05, 4.69) is 22.0 Å². The topological polar surface area (TPSA) is 90.6 Å². The molecule has 0 saturated carbocycles. The lowest BCUT2D eigenvalue weighted by molar-refractivity contribution is -0.136. The molecule has 0 aliphatic carbocycles. The van der Waals surface area contributed by atoms with Gasteiger partial charge in [0.2, 0.25) is 0 Å². The number of carboxylic acid groups (broad SMARTS) is 1. The van der Waals surface area contributed by atoms with Crippen molar-refractivity contribution in [1.29, 1.82) is 5.26 Å². The fourth-order valence-electron chi connectivity index (χ4n) is 3.77. The molecule has 1 amide bonds. The highest BCUT2D eigenvalue weighted by Crippen LogP contribution is 2.35.